The number of amides is 2. The van der Waals surface area contributed by atoms with Gasteiger partial charge in [0.1, 0.15) is 5.75 Å². The molecular formula is C15H12ClNO3. The summed E-state index contributed by atoms with van der Waals surface area (Å²) >= 11 is 5.91. The van der Waals surface area contributed by atoms with Crippen molar-refractivity contribution < 1.29 is 14.7 Å². The van der Waals surface area contributed by atoms with Crippen molar-refractivity contribution in [2.45, 2.75) is 6.42 Å². The first kappa shape index (κ1) is 12.0. The molecule has 4 atom stereocenters. The molecule has 1 aromatic rings. The van der Waals surface area contributed by atoms with Gasteiger partial charge in [-0.2, -0.15) is 0 Å². The van der Waals surface area contributed by atoms with Gasteiger partial charge in [-0.3, -0.25) is 9.59 Å². The van der Waals surface area contributed by atoms with Crippen molar-refractivity contribution in [3.05, 3.63) is 35.4 Å². The normalized spacial score (nSPS) is 34.1. The van der Waals surface area contributed by atoms with E-state index < -0.39 is 0 Å². The Bertz CT molecular complexity index is 639. The van der Waals surface area contributed by atoms with Crippen molar-refractivity contribution in [3.63, 3.8) is 0 Å². The fraction of sp³-hybridized carbons (Fsp3) is 0.333. The topological polar surface area (TPSA) is 57.6 Å². The Morgan fingerprint density at radius 1 is 1.10 bits per heavy atom. The molecule has 5 heteroatoms. The molecule has 4 nitrogen and oxygen atoms in total. The van der Waals surface area contributed by atoms with Crippen LogP contribution < -0.4 is 4.90 Å². The second-order valence-electron chi connectivity index (χ2n) is 5.64. The number of hydrogen-bond donors (Lipinski definition) is 1. The number of halogens is 1. The van der Waals surface area contributed by atoms with E-state index in [-0.39, 0.29) is 46.9 Å². The second-order valence-corrected chi connectivity index (χ2v) is 6.08. The van der Waals surface area contributed by atoms with Crippen LogP contribution in [0, 0.1) is 23.7 Å². The highest BCUT2D eigenvalue weighted by Crippen LogP contribution is 2.53. The van der Waals surface area contributed by atoms with Crippen LogP contribution in [-0.2, 0) is 9.59 Å². The summed E-state index contributed by atoms with van der Waals surface area (Å²) in [6.07, 6.45) is 4.97. The molecule has 102 valence electrons. The minimum absolute atomic E-state index is 0.101. The van der Waals surface area contributed by atoms with E-state index in [0.717, 1.165) is 11.3 Å². The lowest BCUT2D eigenvalue weighted by atomic mass is 9.85. The molecule has 0 spiro atoms. The average Bonchev–Trinajstić information content (AvgIpc) is 3.08. The van der Waals surface area contributed by atoms with Crippen LogP contribution in [0.25, 0.3) is 0 Å². The van der Waals surface area contributed by atoms with Crippen LogP contribution in [0.4, 0.5) is 5.69 Å². The van der Waals surface area contributed by atoms with Crippen LogP contribution in [0.3, 0.4) is 0 Å². The Labute approximate surface area is 120 Å². The number of imide groups is 1. The summed E-state index contributed by atoms with van der Waals surface area (Å²) in [6, 6.07) is 4.39. The van der Waals surface area contributed by atoms with Crippen LogP contribution in [-0.4, -0.2) is 16.9 Å². The quantitative estimate of drug-likeness (QED) is 0.638. The number of phenolic OH excluding ortho intramolecular Hbond substituents is 1. The van der Waals surface area contributed by atoms with Gasteiger partial charge in [0.15, 0.2) is 0 Å². The minimum atomic E-state index is -0.268. The summed E-state index contributed by atoms with van der Waals surface area (Å²) in [7, 11) is 0. The van der Waals surface area contributed by atoms with Crippen LogP contribution in [0.5, 0.6) is 5.75 Å². The monoisotopic (exact) mass is 289 g/mol. The van der Waals surface area contributed by atoms with E-state index in [1.54, 1.807) is 0 Å². The van der Waals surface area contributed by atoms with Crippen LogP contribution in [0.1, 0.15) is 6.42 Å². The van der Waals surface area contributed by atoms with Gasteiger partial charge < -0.3 is 5.11 Å². The summed E-state index contributed by atoms with van der Waals surface area (Å²) in [5.74, 6) is -0.743. The predicted molar refractivity (Wildman–Crippen MR) is 73.3 cm³/mol. The number of hydrogen-bond acceptors (Lipinski definition) is 3. The van der Waals surface area contributed by atoms with Crippen molar-refractivity contribution in [2.75, 3.05) is 4.90 Å². The molecule has 3 aliphatic rings. The molecule has 1 aromatic carbocycles. The van der Waals surface area contributed by atoms with E-state index in [1.807, 2.05) is 12.2 Å². The fourth-order valence-electron chi connectivity index (χ4n) is 3.82. The molecule has 1 saturated heterocycles. The van der Waals surface area contributed by atoms with Gasteiger partial charge in [-0.05, 0) is 36.5 Å². The van der Waals surface area contributed by atoms with Crippen molar-refractivity contribution in [1.82, 2.24) is 0 Å². The SMILES string of the molecule is O=C1[C@H]2[C@H](C(=O)N1c1cc(Cl)ccc1O)[C@H]1C=C[C@H]2C1. The van der Waals surface area contributed by atoms with Gasteiger partial charge in [0.2, 0.25) is 11.8 Å². The molecule has 0 radical (unpaired) electrons. The molecule has 2 aliphatic carbocycles. The maximum atomic E-state index is 12.6. The number of allylic oxidation sites excluding steroid dienone is 2. The van der Waals surface area contributed by atoms with Crippen molar-refractivity contribution in [2.24, 2.45) is 23.7 Å². The summed E-state index contributed by atoms with van der Waals surface area (Å²) < 4.78 is 0. The number of anilines is 1. The summed E-state index contributed by atoms with van der Waals surface area (Å²) in [6.45, 7) is 0. The third-order valence-electron chi connectivity index (χ3n) is 4.65. The number of rotatable bonds is 1. The standard InChI is InChI=1S/C15H12ClNO3/c16-9-3-4-11(18)10(6-9)17-14(19)12-7-1-2-8(5-7)13(12)15(17)20/h1-4,6-8,12-13,18H,5H2/t7-,8-,12+,13+/m0/s1. The summed E-state index contributed by atoms with van der Waals surface area (Å²) in [5.41, 5.74) is 0.196. The fourth-order valence-corrected chi connectivity index (χ4v) is 3.98. The zero-order valence-electron chi connectivity index (χ0n) is 10.5. The molecule has 1 N–H and O–H groups in total. The molecule has 2 bridgehead atoms. The maximum Gasteiger partial charge on any atom is 0.238 e. The third-order valence-corrected chi connectivity index (χ3v) is 4.88. The van der Waals surface area contributed by atoms with Gasteiger partial charge in [0, 0.05) is 5.02 Å². The number of aromatic hydroxyl groups is 1. The predicted octanol–water partition coefficient (Wildman–Crippen LogP) is 2.36. The van der Waals surface area contributed by atoms with Gasteiger partial charge in [-0.25, -0.2) is 4.90 Å². The minimum Gasteiger partial charge on any atom is -0.506 e. The van der Waals surface area contributed by atoms with Crippen molar-refractivity contribution in [3.8, 4) is 5.75 Å². The highest BCUT2D eigenvalue weighted by molar-refractivity contribution is 6.31. The lowest BCUT2D eigenvalue weighted by molar-refractivity contribution is -0.123. The van der Waals surface area contributed by atoms with Crippen LogP contribution >= 0.6 is 11.6 Å². The number of carbonyl (C=O) groups excluding carboxylic acids is 2. The largest absolute Gasteiger partial charge is 0.506 e. The third kappa shape index (κ3) is 1.37. The first-order chi connectivity index (χ1) is 9.58. The number of carbonyl (C=O) groups is 2. The van der Waals surface area contributed by atoms with E-state index in [1.165, 1.54) is 18.2 Å². The summed E-state index contributed by atoms with van der Waals surface area (Å²) in [4.78, 5) is 26.3. The number of benzene rings is 1. The van der Waals surface area contributed by atoms with Gasteiger partial charge in [-0.1, -0.05) is 23.8 Å². The Kier molecular flexibility index (Phi) is 2.31. The van der Waals surface area contributed by atoms with Crippen LogP contribution in [0.15, 0.2) is 30.4 Å². The van der Waals surface area contributed by atoms with Crippen molar-refractivity contribution >= 4 is 29.1 Å². The first-order valence-electron chi connectivity index (χ1n) is 6.62. The number of nitrogens with zero attached hydrogens (tertiary/aromatic N) is 1. The zero-order valence-corrected chi connectivity index (χ0v) is 11.2. The Hall–Kier alpha value is -1.81. The molecule has 1 heterocycles. The van der Waals surface area contributed by atoms with Crippen molar-refractivity contribution in [1.29, 1.82) is 0 Å². The second kappa shape index (κ2) is 3.85. The molecule has 0 unspecified atom stereocenters. The van der Waals surface area contributed by atoms with Crippen LogP contribution in [0.2, 0.25) is 5.02 Å². The Morgan fingerprint density at radius 3 is 2.30 bits per heavy atom. The average molecular weight is 290 g/mol. The first-order valence-corrected chi connectivity index (χ1v) is 7.00. The summed E-state index contributed by atoms with van der Waals surface area (Å²) in [5, 5.41) is 10.3. The highest BCUT2D eigenvalue weighted by Gasteiger charge is 2.59. The number of fused-ring (bicyclic) bond motifs is 5. The van der Waals surface area contributed by atoms with Gasteiger partial charge in [-0.15, -0.1) is 0 Å². The van der Waals surface area contributed by atoms with E-state index >= 15 is 0 Å². The van der Waals surface area contributed by atoms with E-state index in [2.05, 4.69) is 0 Å². The molecule has 0 aromatic heterocycles. The van der Waals surface area contributed by atoms with Gasteiger partial charge in [0.05, 0.1) is 17.5 Å². The van der Waals surface area contributed by atoms with E-state index in [0.29, 0.717) is 5.02 Å². The Morgan fingerprint density at radius 2 is 1.70 bits per heavy atom. The molecule has 2 amide bonds. The van der Waals surface area contributed by atoms with E-state index in [4.69, 9.17) is 11.6 Å². The molecule has 2 fully saturated rings. The molecule has 20 heavy (non-hydrogen) atoms. The number of phenols is 1. The molecule has 1 saturated carbocycles. The van der Waals surface area contributed by atoms with E-state index in [9.17, 15) is 14.7 Å². The maximum absolute atomic E-state index is 12.6. The molecular weight excluding hydrogens is 278 g/mol. The van der Waals surface area contributed by atoms with Gasteiger partial charge >= 0.3 is 0 Å². The Balaban J connectivity index is 1.80. The van der Waals surface area contributed by atoms with Gasteiger partial charge in [0.25, 0.3) is 0 Å². The smallest absolute Gasteiger partial charge is 0.238 e. The molecule has 1 aliphatic heterocycles. The molecule has 4 rings (SSSR count). The lowest BCUT2D eigenvalue weighted by Gasteiger charge is -2.18. The zero-order chi connectivity index (χ0) is 14.0. The highest BCUT2D eigenvalue weighted by atomic mass is 35.5. The lowest BCUT2D eigenvalue weighted by Crippen LogP contribution is -2.32.